The smallest absolute Gasteiger partial charge is 0.317 e. The van der Waals surface area contributed by atoms with Crippen molar-refractivity contribution in [2.45, 2.75) is 13.1 Å². The minimum Gasteiger partial charge on any atom is -0.480 e. The van der Waals surface area contributed by atoms with Gasteiger partial charge in [0.15, 0.2) is 0 Å². The minimum atomic E-state index is -0.894. The van der Waals surface area contributed by atoms with Crippen LogP contribution in [-0.4, -0.2) is 143 Å². The fourth-order valence-corrected chi connectivity index (χ4v) is 4.63. The number of nitrogens with zero attached hydrogens (tertiary/aromatic N) is 6. The summed E-state index contributed by atoms with van der Waals surface area (Å²) in [6, 6.07) is 11.6. The molecule has 0 saturated carbocycles. The Morgan fingerprint density at radius 1 is 0.756 bits per heavy atom. The molecule has 0 aliphatic carbocycles. The minimum absolute atomic E-state index is 0.0742. The summed E-state index contributed by atoms with van der Waals surface area (Å²) in [5.74, 6) is -1.92. The van der Waals surface area contributed by atoms with Gasteiger partial charge >= 0.3 is 11.9 Å². The van der Waals surface area contributed by atoms with Gasteiger partial charge in [-0.25, -0.2) is 0 Å². The van der Waals surface area contributed by atoms with Crippen LogP contribution in [0, 0.1) is 0 Å². The predicted molar refractivity (Wildman–Crippen MR) is 153 cm³/mol. The van der Waals surface area contributed by atoms with E-state index in [0.29, 0.717) is 78.5 Å². The topological polar surface area (TPSA) is 154 Å². The van der Waals surface area contributed by atoms with Crippen LogP contribution in [0.1, 0.15) is 11.4 Å². The molecular formula is C28H42N8O5. The second-order valence-electron chi connectivity index (χ2n) is 10.1. The summed E-state index contributed by atoms with van der Waals surface area (Å²) in [6.07, 6.45) is 3.53. The number of rotatable bonds is 13. The number of aliphatic carboxylic acids is 2. The average Bonchev–Trinajstić information content (AvgIpc) is 2.93. The Balaban J connectivity index is 1.57. The van der Waals surface area contributed by atoms with Gasteiger partial charge in [0.1, 0.15) is 0 Å². The fraction of sp³-hybridized carbons (Fsp3) is 0.536. The number of aromatic nitrogens is 2. The number of carboxylic acids is 2. The molecule has 224 valence electrons. The molecule has 0 atom stereocenters. The van der Waals surface area contributed by atoms with E-state index in [0.717, 1.165) is 11.4 Å². The predicted octanol–water partition coefficient (Wildman–Crippen LogP) is -0.727. The fourth-order valence-electron chi connectivity index (χ4n) is 4.63. The van der Waals surface area contributed by atoms with E-state index in [1.54, 1.807) is 12.4 Å². The van der Waals surface area contributed by atoms with E-state index in [1.165, 1.54) is 0 Å². The highest BCUT2D eigenvalue weighted by Crippen LogP contribution is 2.06. The van der Waals surface area contributed by atoms with Crippen LogP contribution in [0.15, 0.2) is 48.8 Å². The van der Waals surface area contributed by atoms with Gasteiger partial charge in [-0.2, -0.15) is 0 Å². The van der Waals surface area contributed by atoms with Crippen molar-refractivity contribution in [2.24, 2.45) is 0 Å². The zero-order valence-corrected chi connectivity index (χ0v) is 23.5. The Kier molecular flexibility index (Phi) is 14.1. The number of amides is 1. The summed E-state index contributed by atoms with van der Waals surface area (Å²) >= 11 is 0. The van der Waals surface area contributed by atoms with E-state index in [2.05, 4.69) is 25.5 Å². The van der Waals surface area contributed by atoms with Gasteiger partial charge in [0, 0.05) is 90.9 Å². The molecule has 0 aromatic carbocycles. The number of pyridine rings is 2. The van der Waals surface area contributed by atoms with Gasteiger partial charge in [-0.3, -0.25) is 44.0 Å². The third kappa shape index (κ3) is 13.6. The van der Waals surface area contributed by atoms with E-state index in [4.69, 9.17) is 0 Å². The SMILES string of the molecule is O=C(O)CN1CCNCCN(CC(=O)O)CCN(CC(=O)NCCN(Cc2ccccn2)Cc2ccccn2)CC1. The van der Waals surface area contributed by atoms with Crippen LogP contribution in [-0.2, 0) is 27.5 Å². The molecular weight excluding hydrogens is 528 g/mol. The van der Waals surface area contributed by atoms with Crippen molar-refractivity contribution in [2.75, 3.05) is 85.1 Å². The number of carboxylic acid groups (broad SMARTS) is 2. The molecule has 2 aromatic rings. The molecule has 41 heavy (non-hydrogen) atoms. The summed E-state index contributed by atoms with van der Waals surface area (Å²) in [4.78, 5) is 52.4. The molecule has 0 unspecified atom stereocenters. The van der Waals surface area contributed by atoms with Gasteiger partial charge in [0.2, 0.25) is 5.91 Å². The molecule has 1 saturated heterocycles. The Morgan fingerprint density at radius 3 is 1.68 bits per heavy atom. The Bertz CT molecular complexity index is 990. The molecule has 0 spiro atoms. The second-order valence-corrected chi connectivity index (χ2v) is 10.1. The van der Waals surface area contributed by atoms with Gasteiger partial charge < -0.3 is 20.8 Å². The van der Waals surface area contributed by atoms with Gasteiger partial charge in [-0.1, -0.05) is 12.1 Å². The first-order valence-corrected chi connectivity index (χ1v) is 14.0. The standard InChI is InChI=1S/C28H42N8O5/c37-26(32-11-14-36(19-24-5-1-3-7-30-24)20-25-6-2-4-8-31-25)21-35-17-15-33(22-27(38)39)12-9-29-10-13-34(16-18-35)23-28(40)41/h1-8,29H,9-23H2,(H,32,37)(H,38,39)(H,40,41). The number of carbonyl (C=O) groups excluding carboxylic acids is 1. The maximum Gasteiger partial charge on any atom is 0.317 e. The highest BCUT2D eigenvalue weighted by Gasteiger charge is 2.18. The van der Waals surface area contributed by atoms with Crippen molar-refractivity contribution in [3.05, 3.63) is 60.2 Å². The van der Waals surface area contributed by atoms with E-state index in [-0.39, 0.29) is 25.5 Å². The maximum absolute atomic E-state index is 13.0. The Labute approximate surface area is 241 Å². The molecule has 0 radical (unpaired) electrons. The first kappa shape index (κ1) is 32.0. The molecule has 13 heteroatoms. The van der Waals surface area contributed by atoms with Crippen LogP contribution in [0.25, 0.3) is 0 Å². The highest BCUT2D eigenvalue weighted by molar-refractivity contribution is 5.78. The van der Waals surface area contributed by atoms with E-state index in [9.17, 15) is 24.6 Å². The molecule has 3 rings (SSSR count). The zero-order valence-electron chi connectivity index (χ0n) is 23.5. The Morgan fingerprint density at radius 2 is 1.24 bits per heavy atom. The van der Waals surface area contributed by atoms with Crippen LogP contribution in [0.2, 0.25) is 0 Å². The van der Waals surface area contributed by atoms with Crippen LogP contribution < -0.4 is 10.6 Å². The quantitative estimate of drug-likeness (QED) is 0.240. The molecule has 1 amide bonds. The van der Waals surface area contributed by atoms with Crippen molar-refractivity contribution in [3.8, 4) is 0 Å². The largest absolute Gasteiger partial charge is 0.480 e. The molecule has 0 bridgehead atoms. The maximum atomic E-state index is 13.0. The summed E-state index contributed by atoms with van der Waals surface area (Å²) < 4.78 is 0. The molecule has 4 N–H and O–H groups in total. The van der Waals surface area contributed by atoms with Crippen molar-refractivity contribution in [1.29, 1.82) is 0 Å². The lowest BCUT2D eigenvalue weighted by Crippen LogP contribution is -2.49. The molecule has 13 nitrogen and oxygen atoms in total. The molecule has 1 aliphatic rings. The molecule has 2 aromatic heterocycles. The number of hydrogen-bond acceptors (Lipinski definition) is 10. The van der Waals surface area contributed by atoms with Gasteiger partial charge in [0.25, 0.3) is 0 Å². The zero-order chi connectivity index (χ0) is 29.3. The summed E-state index contributed by atoms with van der Waals surface area (Å²) in [6.45, 7) is 6.53. The molecule has 3 heterocycles. The highest BCUT2D eigenvalue weighted by atomic mass is 16.4. The number of carbonyl (C=O) groups is 3. The normalized spacial score (nSPS) is 16.5. The molecule has 1 fully saturated rings. The van der Waals surface area contributed by atoms with Crippen molar-refractivity contribution < 1.29 is 24.6 Å². The number of nitrogens with one attached hydrogen (secondary N) is 2. The van der Waals surface area contributed by atoms with E-state index < -0.39 is 11.9 Å². The van der Waals surface area contributed by atoms with Crippen LogP contribution in [0.4, 0.5) is 0 Å². The lowest BCUT2D eigenvalue weighted by molar-refractivity contribution is -0.139. The Hall–Kier alpha value is -3.49. The molecule has 1 aliphatic heterocycles. The van der Waals surface area contributed by atoms with Gasteiger partial charge in [0.05, 0.1) is 31.0 Å². The third-order valence-electron chi connectivity index (χ3n) is 6.73. The average molecular weight is 571 g/mol. The lowest BCUT2D eigenvalue weighted by atomic mass is 10.3. The lowest BCUT2D eigenvalue weighted by Gasteiger charge is -2.30. The van der Waals surface area contributed by atoms with Gasteiger partial charge in [-0.15, -0.1) is 0 Å². The van der Waals surface area contributed by atoms with E-state index in [1.807, 2.05) is 51.1 Å². The third-order valence-corrected chi connectivity index (χ3v) is 6.73. The number of hydrogen-bond donors (Lipinski definition) is 4. The van der Waals surface area contributed by atoms with E-state index >= 15 is 0 Å². The van der Waals surface area contributed by atoms with Crippen LogP contribution >= 0.6 is 0 Å². The summed E-state index contributed by atoms with van der Waals surface area (Å²) in [5, 5.41) is 24.9. The van der Waals surface area contributed by atoms with Crippen LogP contribution in [0.5, 0.6) is 0 Å². The summed E-state index contributed by atoms with van der Waals surface area (Å²) in [5.41, 5.74) is 1.86. The monoisotopic (exact) mass is 570 g/mol. The van der Waals surface area contributed by atoms with Crippen LogP contribution in [0.3, 0.4) is 0 Å². The summed E-state index contributed by atoms with van der Waals surface area (Å²) in [7, 11) is 0. The first-order chi connectivity index (χ1) is 19.9. The van der Waals surface area contributed by atoms with Crippen molar-refractivity contribution in [1.82, 2.24) is 40.2 Å². The second kappa shape index (κ2) is 18.0. The first-order valence-electron chi connectivity index (χ1n) is 14.0. The van der Waals surface area contributed by atoms with Crippen molar-refractivity contribution >= 4 is 17.8 Å². The van der Waals surface area contributed by atoms with Crippen molar-refractivity contribution in [3.63, 3.8) is 0 Å². The van der Waals surface area contributed by atoms with Gasteiger partial charge in [-0.05, 0) is 24.3 Å².